The lowest BCUT2D eigenvalue weighted by atomic mass is 9.98. The lowest BCUT2D eigenvalue weighted by Crippen LogP contribution is -2.44. The molecule has 3 aromatic rings. The quantitative estimate of drug-likeness (QED) is 0.468. The van der Waals surface area contributed by atoms with Crippen LogP contribution in [0.3, 0.4) is 0 Å². The number of alkyl carbamates (subject to hydrolysis) is 1. The van der Waals surface area contributed by atoms with E-state index in [0.717, 1.165) is 26.9 Å². The fourth-order valence-corrected chi connectivity index (χ4v) is 4.28. The first kappa shape index (κ1) is 23.0. The van der Waals surface area contributed by atoms with Gasteiger partial charge in [0.2, 0.25) is 5.91 Å². The summed E-state index contributed by atoms with van der Waals surface area (Å²) >= 11 is 0. The van der Waals surface area contributed by atoms with Gasteiger partial charge >= 0.3 is 12.1 Å². The van der Waals surface area contributed by atoms with Crippen molar-refractivity contribution >= 4 is 23.8 Å². The number of aromatic carboxylic acids is 1. The fourth-order valence-electron chi connectivity index (χ4n) is 4.28. The van der Waals surface area contributed by atoms with Gasteiger partial charge in [0, 0.05) is 19.0 Å². The van der Waals surface area contributed by atoms with Crippen molar-refractivity contribution in [3.8, 4) is 11.1 Å². The highest BCUT2D eigenvalue weighted by Crippen LogP contribution is 2.44. The molecule has 0 saturated carbocycles. The molecule has 2 aromatic carbocycles. The van der Waals surface area contributed by atoms with Crippen LogP contribution in [0, 0.1) is 0 Å². The number of rotatable bonds is 8. The number of anilines is 1. The van der Waals surface area contributed by atoms with E-state index in [1.165, 1.54) is 13.1 Å². The summed E-state index contributed by atoms with van der Waals surface area (Å²) in [5.41, 5.74) is 4.40. The van der Waals surface area contributed by atoms with Gasteiger partial charge in [-0.2, -0.15) is 5.10 Å². The molecule has 0 aliphatic heterocycles. The smallest absolute Gasteiger partial charge is 0.407 e. The molecule has 0 spiro atoms. The van der Waals surface area contributed by atoms with Crippen molar-refractivity contribution in [2.24, 2.45) is 7.05 Å². The van der Waals surface area contributed by atoms with Crippen molar-refractivity contribution in [2.45, 2.75) is 31.7 Å². The van der Waals surface area contributed by atoms with Gasteiger partial charge in [-0.25, -0.2) is 9.59 Å². The van der Waals surface area contributed by atoms with Gasteiger partial charge in [-0.15, -0.1) is 0 Å². The van der Waals surface area contributed by atoms with Gasteiger partial charge in [0.05, 0.1) is 0 Å². The van der Waals surface area contributed by atoms with Crippen molar-refractivity contribution < 1.29 is 24.2 Å². The van der Waals surface area contributed by atoms with Gasteiger partial charge in [-0.1, -0.05) is 61.9 Å². The van der Waals surface area contributed by atoms with E-state index in [4.69, 9.17) is 9.84 Å². The molecule has 1 aliphatic carbocycles. The second-order valence-corrected chi connectivity index (χ2v) is 8.14. The molecular weight excluding hydrogens is 436 g/mol. The number of carbonyl (C=O) groups excluding carboxylic acids is 2. The summed E-state index contributed by atoms with van der Waals surface area (Å²) < 4.78 is 6.70. The SMILES string of the molecule is CCC[C@H](NC(=O)OCC1c2ccccc2-c2ccccc21)C(=O)Nc1cc(C(=O)O)n(C)n1. The normalized spacial score (nSPS) is 13.0. The molecule has 0 fully saturated rings. The molecule has 1 atom stereocenters. The summed E-state index contributed by atoms with van der Waals surface area (Å²) in [5, 5.41) is 18.3. The predicted octanol–water partition coefficient (Wildman–Crippen LogP) is 3.76. The summed E-state index contributed by atoms with van der Waals surface area (Å²) in [7, 11) is 1.47. The molecule has 176 valence electrons. The Bertz CT molecular complexity index is 1190. The van der Waals surface area contributed by atoms with Crippen LogP contribution in [0.5, 0.6) is 0 Å². The number of aromatic nitrogens is 2. The predicted molar refractivity (Wildman–Crippen MR) is 126 cm³/mol. The Balaban J connectivity index is 1.40. The number of carbonyl (C=O) groups is 3. The third-order valence-corrected chi connectivity index (χ3v) is 5.88. The maximum absolute atomic E-state index is 12.7. The lowest BCUT2D eigenvalue weighted by Gasteiger charge is -2.19. The lowest BCUT2D eigenvalue weighted by molar-refractivity contribution is -0.118. The van der Waals surface area contributed by atoms with Crippen LogP contribution in [0.25, 0.3) is 11.1 Å². The highest BCUT2D eigenvalue weighted by Gasteiger charge is 2.30. The average molecular weight is 463 g/mol. The zero-order chi connectivity index (χ0) is 24.2. The zero-order valence-electron chi connectivity index (χ0n) is 18.9. The molecule has 1 heterocycles. The molecule has 9 heteroatoms. The van der Waals surface area contributed by atoms with Gasteiger partial charge in [-0.05, 0) is 28.7 Å². The number of ether oxygens (including phenoxy) is 1. The summed E-state index contributed by atoms with van der Waals surface area (Å²) in [6.07, 6.45) is 0.335. The van der Waals surface area contributed by atoms with Crippen LogP contribution >= 0.6 is 0 Å². The molecule has 0 radical (unpaired) electrons. The highest BCUT2D eigenvalue weighted by molar-refractivity contribution is 5.97. The number of nitrogens with zero attached hydrogens (tertiary/aromatic N) is 2. The van der Waals surface area contributed by atoms with Crippen LogP contribution < -0.4 is 10.6 Å². The molecule has 0 saturated heterocycles. The minimum absolute atomic E-state index is 0.0631. The van der Waals surface area contributed by atoms with E-state index in [9.17, 15) is 14.4 Å². The minimum atomic E-state index is -1.16. The third kappa shape index (κ3) is 4.63. The van der Waals surface area contributed by atoms with E-state index in [0.29, 0.717) is 12.8 Å². The molecule has 4 rings (SSSR count). The topological polar surface area (TPSA) is 123 Å². The number of benzene rings is 2. The Morgan fingerprint density at radius 1 is 1.09 bits per heavy atom. The molecule has 0 unspecified atom stereocenters. The molecule has 34 heavy (non-hydrogen) atoms. The second kappa shape index (κ2) is 9.78. The van der Waals surface area contributed by atoms with Crippen molar-refractivity contribution in [3.63, 3.8) is 0 Å². The molecular formula is C25H26N4O5. The number of fused-ring (bicyclic) bond motifs is 3. The molecule has 1 aromatic heterocycles. The van der Waals surface area contributed by atoms with Gasteiger partial charge in [-0.3, -0.25) is 9.48 Å². The Labute approximate surface area is 196 Å². The minimum Gasteiger partial charge on any atom is -0.477 e. The summed E-state index contributed by atoms with van der Waals surface area (Å²) in [6, 6.07) is 16.5. The third-order valence-electron chi connectivity index (χ3n) is 5.88. The number of hydrogen-bond donors (Lipinski definition) is 3. The molecule has 0 bridgehead atoms. The molecule has 9 nitrogen and oxygen atoms in total. The maximum Gasteiger partial charge on any atom is 0.407 e. The highest BCUT2D eigenvalue weighted by atomic mass is 16.5. The van der Waals surface area contributed by atoms with Gasteiger partial charge in [0.1, 0.15) is 18.3 Å². The summed E-state index contributed by atoms with van der Waals surface area (Å²) in [4.78, 5) is 36.5. The van der Waals surface area contributed by atoms with Gasteiger partial charge in [0.15, 0.2) is 5.82 Å². The number of nitrogens with one attached hydrogen (secondary N) is 2. The molecule has 3 N–H and O–H groups in total. The molecule has 2 amide bonds. The van der Waals surface area contributed by atoms with Crippen LogP contribution in [0.2, 0.25) is 0 Å². The van der Waals surface area contributed by atoms with Crippen molar-refractivity contribution in [1.29, 1.82) is 0 Å². The van der Waals surface area contributed by atoms with Crippen LogP contribution in [0.4, 0.5) is 10.6 Å². The standard InChI is InChI=1S/C25H26N4O5/c1-3-8-20(23(30)27-22-13-21(24(31)32)29(2)28-22)26-25(33)34-14-19-17-11-6-4-9-15(17)16-10-5-7-12-18(16)19/h4-7,9-13,19-20H,3,8,14H2,1-2H3,(H,26,33)(H,31,32)(H,27,28,30)/t20-/m0/s1. The van der Waals surface area contributed by atoms with Crippen molar-refractivity contribution in [3.05, 3.63) is 71.4 Å². The zero-order valence-corrected chi connectivity index (χ0v) is 18.9. The second-order valence-electron chi connectivity index (χ2n) is 8.14. The first-order valence-corrected chi connectivity index (χ1v) is 11.1. The van der Waals surface area contributed by atoms with E-state index < -0.39 is 24.0 Å². The Hall–Kier alpha value is -4.14. The number of carboxylic acids is 1. The number of aryl methyl sites for hydroxylation is 1. The van der Waals surface area contributed by atoms with Crippen molar-refractivity contribution in [2.75, 3.05) is 11.9 Å². The Kier molecular flexibility index (Phi) is 6.62. The average Bonchev–Trinajstić information content (AvgIpc) is 3.35. The van der Waals surface area contributed by atoms with E-state index in [1.54, 1.807) is 0 Å². The van der Waals surface area contributed by atoms with Gasteiger partial charge in [0.25, 0.3) is 0 Å². The number of hydrogen-bond acceptors (Lipinski definition) is 5. The maximum atomic E-state index is 12.7. The number of carboxylic acid groups (broad SMARTS) is 1. The first-order chi connectivity index (χ1) is 16.4. The van der Waals surface area contributed by atoms with E-state index in [1.807, 2.05) is 43.3 Å². The van der Waals surface area contributed by atoms with Crippen molar-refractivity contribution in [1.82, 2.24) is 15.1 Å². The van der Waals surface area contributed by atoms with Crippen LogP contribution in [0.1, 0.15) is 47.3 Å². The van der Waals surface area contributed by atoms with E-state index >= 15 is 0 Å². The van der Waals surface area contributed by atoms with E-state index in [-0.39, 0.29) is 24.0 Å². The van der Waals surface area contributed by atoms with Crippen LogP contribution in [-0.2, 0) is 16.6 Å². The Morgan fingerprint density at radius 3 is 2.26 bits per heavy atom. The molecule has 1 aliphatic rings. The van der Waals surface area contributed by atoms with E-state index in [2.05, 4.69) is 27.9 Å². The largest absolute Gasteiger partial charge is 0.477 e. The monoisotopic (exact) mass is 462 g/mol. The summed E-state index contributed by atoms with van der Waals surface area (Å²) in [6.45, 7) is 2.03. The van der Waals surface area contributed by atoms with Crippen LogP contribution in [0.15, 0.2) is 54.6 Å². The Morgan fingerprint density at radius 2 is 1.71 bits per heavy atom. The van der Waals surface area contributed by atoms with Crippen LogP contribution in [-0.4, -0.2) is 45.5 Å². The fraction of sp³-hybridized carbons (Fsp3) is 0.280. The number of amides is 2. The summed E-state index contributed by atoms with van der Waals surface area (Å²) in [5.74, 6) is -1.64. The first-order valence-electron chi connectivity index (χ1n) is 11.1. The van der Waals surface area contributed by atoms with Gasteiger partial charge < -0.3 is 20.5 Å².